The second-order valence-corrected chi connectivity index (χ2v) is 7.81. The fraction of sp³-hybridized carbons (Fsp3) is 0.278. The number of fused-ring (bicyclic) bond motifs is 1. The highest BCUT2D eigenvalue weighted by atomic mass is 32.2. The summed E-state index contributed by atoms with van der Waals surface area (Å²) in [4.78, 5) is 12.5. The molecule has 2 aromatic rings. The first-order chi connectivity index (χ1) is 11.9. The Hall–Kier alpha value is -2.54. The van der Waals surface area contributed by atoms with Crippen molar-refractivity contribution in [1.29, 1.82) is 0 Å². The summed E-state index contributed by atoms with van der Waals surface area (Å²) >= 11 is 0. The summed E-state index contributed by atoms with van der Waals surface area (Å²) in [6.45, 7) is 0.593. The van der Waals surface area contributed by atoms with E-state index >= 15 is 0 Å². The van der Waals surface area contributed by atoms with E-state index in [1.54, 1.807) is 24.3 Å². The summed E-state index contributed by atoms with van der Waals surface area (Å²) in [7, 11) is -3.45. The van der Waals surface area contributed by atoms with E-state index in [1.807, 2.05) is 30.3 Å². The van der Waals surface area contributed by atoms with Crippen LogP contribution in [0.4, 0.5) is 5.69 Å². The lowest BCUT2D eigenvalue weighted by atomic mass is 10.2. The van der Waals surface area contributed by atoms with Crippen molar-refractivity contribution in [3.8, 4) is 5.75 Å². The van der Waals surface area contributed by atoms with Crippen LogP contribution >= 0.6 is 0 Å². The van der Waals surface area contributed by atoms with Gasteiger partial charge in [0.15, 0.2) is 6.10 Å². The number of amides is 1. The van der Waals surface area contributed by atoms with E-state index in [4.69, 9.17) is 4.74 Å². The number of hydrogen-bond donors (Lipinski definition) is 1. The minimum atomic E-state index is -3.45. The summed E-state index contributed by atoms with van der Waals surface area (Å²) in [6, 6.07) is 16.4. The largest absolute Gasteiger partial charge is 0.478 e. The van der Waals surface area contributed by atoms with Gasteiger partial charge in [-0.1, -0.05) is 42.5 Å². The van der Waals surface area contributed by atoms with Crippen molar-refractivity contribution in [2.24, 2.45) is 0 Å². The fourth-order valence-corrected chi connectivity index (χ4v) is 3.70. The quantitative estimate of drug-likeness (QED) is 0.904. The van der Waals surface area contributed by atoms with E-state index in [0.717, 1.165) is 11.8 Å². The number of nitrogens with one attached hydrogen (secondary N) is 1. The van der Waals surface area contributed by atoms with Gasteiger partial charge in [-0.2, -0.15) is 0 Å². The molecule has 1 amide bonds. The number of ether oxygens (including phenoxy) is 1. The molecule has 0 bridgehead atoms. The van der Waals surface area contributed by atoms with Gasteiger partial charge < -0.3 is 10.1 Å². The molecule has 1 N–H and O–H groups in total. The monoisotopic (exact) mass is 360 g/mol. The van der Waals surface area contributed by atoms with E-state index in [2.05, 4.69) is 5.32 Å². The summed E-state index contributed by atoms with van der Waals surface area (Å²) in [5.41, 5.74) is 1.45. The Balaban J connectivity index is 1.76. The van der Waals surface area contributed by atoms with Crippen molar-refractivity contribution in [1.82, 2.24) is 5.32 Å². The zero-order valence-electron chi connectivity index (χ0n) is 13.9. The number of anilines is 1. The molecule has 1 aliphatic rings. The Morgan fingerprint density at radius 3 is 2.56 bits per heavy atom. The molecule has 3 rings (SSSR count). The predicted octanol–water partition coefficient (Wildman–Crippen LogP) is 1.92. The number of carbonyl (C=O) groups is 1. The Bertz CT molecular complexity index is 852. The van der Waals surface area contributed by atoms with Crippen LogP contribution in [-0.2, 0) is 21.4 Å². The van der Waals surface area contributed by atoms with E-state index in [0.29, 0.717) is 18.0 Å². The average molecular weight is 360 g/mol. The van der Waals surface area contributed by atoms with Crippen LogP contribution in [-0.4, -0.2) is 33.2 Å². The molecule has 0 aromatic heterocycles. The van der Waals surface area contributed by atoms with Gasteiger partial charge in [0.2, 0.25) is 10.0 Å². The van der Waals surface area contributed by atoms with E-state index in [1.165, 1.54) is 4.31 Å². The molecule has 25 heavy (non-hydrogen) atoms. The Labute approximate surface area is 147 Å². The van der Waals surface area contributed by atoms with Crippen LogP contribution in [0.3, 0.4) is 0 Å². The molecule has 1 aliphatic heterocycles. The first kappa shape index (κ1) is 17.3. The smallest absolute Gasteiger partial charge is 0.261 e. The molecule has 0 aliphatic carbocycles. The summed E-state index contributed by atoms with van der Waals surface area (Å²) in [5, 5.41) is 2.85. The molecular formula is C18H20N2O4S. The van der Waals surface area contributed by atoms with Gasteiger partial charge in [-0.15, -0.1) is 0 Å². The molecule has 6 nitrogen and oxygen atoms in total. The second kappa shape index (κ2) is 7.14. The third kappa shape index (κ3) is 4.11. The molecule has 0 saturated carbocycles. The molecule has 0 spiro atoms. The fourth-order valence-electron chi connectivity index (χ4n) is 2.76. The predicted molar refractivity (Wildman–Crippen MR) is 96.0 cm³/mol. The van der Waals surface area contributed by atoms with Gasteiger partial charge in [0.05, 0.1) is 11.9 Å². The van der Waals surface area contributed by atoms with E-state index < -0.39 is 16.1 Å². The Kier molecular flexibility index (Phi) is 4.94. The highest BCUT2D eigenvalue weighted by Gasteiger charge is 2.30. The van der Waals surface area contributed by atoms with Crippen LogP contribution in [0, 0.1) is 0 Å². The number of benzene rings is 2. The standard InChI is InChI=1S/C18H20N2O4S/c1-25(22,23)20-12-11-17(24-16-10-6-5-9-15(16)20)18(21)19-13-14-7-3-2-4-8-14/h2-10,17H,11-13H2,1H3,(H,19,21)/t17-/m0/s1. The maximum absolute atomic E-state index is 12.5. The van der Waals surface area contributed by atoms with Crippen LogP contribution in [0.15, 0.2) is 54.6 Å². The van der Waals surface area contributed by atoms with Crippen molar-refractivity contribution in [2.75, 3.05) is 17.1 Å². The third-order valence-electron chi connectivity index (χ3n) is 4.00. The summed E-state index contributed by atoms with van der Waals surface area (Å²) in [6.07, 6.45) is 0.693. The van der Waals surface area contributed by atoms with Gasteiger partial charge in [-0.05, 0) is 17.7 Å². The second-order valence-electron chi connectivity index (χ2n) is 5.90. The number of hydrogen-bond acceptors (Lipinski definition) is 4. The molecule has 0 saturated heterocycles. The number of rotatable bonds is 4. The zero-order valence-corrected chi connectivity index (χ0v) is 14.7. The first-order valence-electron chi connectivity index (χ1n) is 8.00. The maximum Gasteiger partial charge on any atom is 0.261 e. The van der Waals surface area contributed by atoms with Gasteiger partial charge in [-0.25, -0.2) is 8.42 Å². The normalized spacial score (nSPS) is 17.2. The van der Waals surface area contributed by atoms with E-state index in [9.17, 15) is 13.2 Å². The SMILES string of the molecule is CS(=O)(=O)N1CC[C@@H](C(=O)NCc2ccccc2)Oc2ccccc21. The Morgan fingerprint density at radius 2 is 1.84 bits per heavy atom. The lowest BCUT2D eigenvalue weighted by Gasteiger charge is -2.20. The number of carbonyl (C=O) groups excluding carboxylic acids is 1. The van der Waals surface area contributed by atoms with Crippen molar-refractivity contribution in [3.63, 3.8) is 0 Å². The molecule has 1 atom stereocenters. The molecule has 1 heterocycles. The first-order valence-corrected chi connectivity index (χ1v) is 9.85. The summed E-state index contributed by atoms with van der Waals surface area (Å²) in [5.74, 6) is 0.138. The molecule has 0 fully saturated rings. The third-order valence-corrected chi connectivity index (χ3v) is 5.18. The number of sulfonamides is 1. The van der Waals surface area contributed by atoms with Crippen LogP contribution in [0.1, 0.15) is 12.0 Å². The van der Waals surface area contributed by atoms with Gasteiger partial charge in [0, 0.05) is 19.5 Å². The number of nitrogens with zero attached hydrogens (tertiary/aromatic N) is 1. The average Bonchev–Trinajstić information content (AvgIpc) is 2.80. The maximum atomic E-state index is 12.5. The highest BCUT2D eigenvalue weighted by molar-refractivity contribution is 7.92. The van der Waals surface area contributed by atoms with Gasteiger partial charge in [0.1, 0.15) is 5.75 Å². The van der Waals surface area contributed by atoms with Crippen LogP contribution < -0.4 is 14.4 Å². The van der Waals surface area contributed by atoms with Crippen molar-refractivity contribution >= 4 is 21.6 Å². The van der Waals surface area contributed by atoms with Crippen molar-refractivity contribution < 1.29 is 17.9 Å². The van der Waals surface area contributed by atoms with E-state index in [-0.39, 0.29) is 18.9 Å². The van der Waals surface area contributed by atoms with Crippen molar-refractivity contribution in [3.05, 3.63) is 60.2 Å². The van der Waals surface area contributed by atoms with Gasteiger partial charge >= 0.3 is 0 Å². The molecule has 132 valence electrons. The van der Waals surface area contributed by atoms with Crippen molar-refractivity contribution in [2.45, 2.75) is 19.1 Å². The molecule has 2 aromatic carbocycles. The molecular weight excluding hydrogens is 340 g/mol. The minimum Gasteiger partial charge on any atom is -0.478 e. The molecule has 0 radical (unpaired) electrons. The molecule has 7 heteroatoms. The lowest BCUT2D eigenvalue weighted by Crippen LogP contribution is -2.39. The number of para-hydroxylation sites is 2. The summed E-state index contributed by atoms with van der Waals surface area (Å²) < 4.78 is 31.2. The zero-order chi connectivity index (χ0) is 17.9. The van der Waals surface area contributed by atoms with Crippen LogP contribution in [0.5, 0.6) is 5.75 Å². The minimum absolute atomic E-state index is 0.194. The Morgan fingerprint density at radius 1 is 1.16 bits per heavy atom. The highest BCUT2D eigenvalue weighted by Crippen LogP contribution is 2.33. The van der Waals surface area contributed by atoms with Gasteiger partial charge in [-0.3, -0.25) is 9.10 Å². The van der Waals surface area contributed by atoms with Crippen LogP contribution in [0.25, 0.3) is 0 Å². The molecule has 0 unspecified atom stereocenters. The lowest BCUT2D eigenvalue weighted by molar-refractivity contribution is -0.128. The van der Waals surface area contributed by atoms with Crippen LogP contribution in [0.2, 0.25) is 0 Å². The topological polar surface area (TPSA) is 75.7 Å². The van der Waals surface area contributed by atoms with Gasteiger partial charge in [0.25, 0.3) is 5.91 Å².